The summed E-state index contributed by atoms with van der Waals surface area (Å²) in [6.45, 7) is 2.25. The molecule has 0 amide bonds. The summed E-state index contributed by atoms with van der Waals surface area (Å²) in [5, 5.41) is 19.4. The molecule has 1 unspecified atom stereocenters. The molecule has 4 aromatic rings. The molecule has 1 atom stereocenters. The van der Waals surface area contributed by atoms with Gasteiger partial charge in [-0.3, -0.25) is 0 Å². The molecule has 0 spiro atoms. The van der Waals surface area contributed by atoms with Gasteiger partial charge in [-0.2, -0.15) is 0 Å². The fourth-order valence-electron chi connectivity index (χ4n) is 4.70. The Morgan fingerprint density at radius 1 is 0.733 bits per heavy atom. The second-order valence-corrected chi connectivity index (χ2v) is 8.76. The van der Waals surface area contributed by atoms with E-state index in [4.69, 9.17) is 0 Å². The summed E-state index contributed by atoms with van der Waals surface area (Å²) in [4.78, 5) is 0. The standard InChI is InChI=1S/C26H20BBrO2/c1-26(19-12-10-18(11-13-19)17-6-3-2-4-7-17)23-15-14-20(27(29)30)16-22(23)21-8-5-9-24(28)25(21)26/h2-16,29-30H,1H3. The smallest absolute Gasteiger partial charge is 0.423 e. The first kappa shape index (κ1) is 19.3. The highest BCUT2D eigenvalue weighted by molar-refractivity contribution is 9.10. The quantitative estimate of drug-likeness (QED) is 0.421. The molecule has 0 saturated carbocycles. The molecule has 0 radical (unpaired) electrons. The molecule has 0 fully saturated rings. The van der Waals surface area contributed by atoms with Crippen LogP contribution in [0.1, 0.15) is 23.6 Å². The van der Waals surface area contributed by atoms with Crippen LogP contribution >= 0.6 is 15.9 Å². The van der Waals surface area contributed by atoms with E-state index in [1.807, 2.05) is 24.3 Å². The maximum Gasteiger partial charge on any atom is 0.488 e. The molecule has 2 N–H and O–H groups in total. The molecule has 1 aliphatic carbocycles. The molecule has 146 valence electrons. The maximum atomic E-state index is 9.69. The SMILES string of the molecule is CC1(c2ccc(-c3ccccc3)cc2)c2ccc(B(O)O)cc2-c2cccc(Br)c21. The van der Waals surface area contributed by atoms with Crippen LogP contribution < -0.4 is 5.46 Å². The molecule has 30 heavy (non-hydrogen) atoms. The van der Waals surface area contributed by atoms with Crippen molar-refractivity contribution in [2.45, 2.75) is 12.3 Å². The van der Waals surface area contributed by atoms with Gasteiger partial charge in [0.15, 0.2) is 0 Å². The normalized spacial score (nSPS) is 16.8. The number of benzene rings is 4. The Morgan fingerprint density at radius 2 is 1.43 bits per heavy atom. The van der Waals surface area contributed by atoms with Crippen molar-refractivity contribution in [3.8, 4) is 22.3 Å². The highest BCUT2D eigenvalue weighted by Crippen LogP contribution is 2.54. The van der Waals surface area contributed by atoms with E-state index in [1.165, 1.54) is 27.8 Å². The van der Waals surface area contributed by atoms with E-state index in [2.05, 4.69) is 83.5 Å². The van der Waals surface area contributed by atoms with Gasteiger partial charge in [0.1, 0.15) is 0 Å². The van der Waals surface area contributed by atoms with Gasteiger partial charge in [-0.25, -0.2) is 0 Å². The average molecular weight is 455 g/mol. The van der Waals surface area contributed by atoms with Crippen molar-refractivity contribution < 1.29 is 10.0 Å². The van der Waals surface area contributed by atoms with Gasteiger partial charge in [0, 0.05) is 9.89 Å². The van der Waals surface area contributed by atoms with Crippen LogP contribution in [0.25, 0.3) is 22.3 Å². The van der Waals surface area contributed by atoms with Crippen LogP contribution in [-0.2, 0) is 5.41 Å². The molecule has 0 aliphatic heterocycles. The highest BCUT2D eigenvalue weighted by Gasteiger charge is 2.42. The van der Waals surface area contributed by atoms with E-state index < -0.39 is 7.12 Å². The first-order chi connectivity index (χ1) is 14.5. The van der Waals surface area contributed by atoms with Crippen molar-refractivity contribution in [3.63, 3.8) is 0 Å². The zero-order valence-electron chi connectivity index (χ0n) is 16.5. The van der Waals surface area contributed by atoms with Crippen LogP contribution in [0.3, 0.4) is 0 Å². The number of rotatable bonds is 3. The Morgan fingerprint density at radius 3 is 2.13 bits per heavy atom. The maximum absolute atomic E-state index is 9.69. The van der Waals surface area contributed by atoms with E-state index in [1.54, 1.807) is 6.07 Å². The summed E-state index contributed by atoms with van der Waals surface area (Å²) in [5.41, 5.74) is 8.28. The zero-order chi connectivity index (χ0) is 20.9. The topological polar surface area (TPSA) is 40.5 Å². The molecule has 1 aliphatic rings. The largest absolute Gasteiger partial charge is 0.488 e. The molecule has 4 aromatic carbocycles. The third kappa shape index (κ3) is 2.87. The van der Waals surface area contributed by atoms with Crippen molar-refractivity contribution in [2.24, 2.45) is 0 Å². The van der Waals surface area contributed by atoms with E-state index in [9.17, 15) is 10.0 Å². The van der Waals surface area contributed by atoms with Crippen LogP contribution in [0.15, 0.2) is 95.5 Å². The third-order valence-electron chi connectivity index (χ3n) is 6.25. The van der Waals surface area contributed by atoms with Crippen LogP contribution in [0.5, 0.6) is 0 Å². The van der Waals surface area contributed by atoms with Gasteiger partial charge >= 0.3 is 7.12 Å². The lowest BCUT2D eigenvalue weighted by atomic mass is 9.72. The third-order valence-corrected chi connectivity index (χ3v) is 6.91. The van der Waals surface area contributed by atoms with Gasteiger partial charge in [-0.05, 0) is 57.4 Å². The van der Waals surface area contributed by atoms with E-state index in [-0.39, 0.29) is 5.41 Å². The first-order valence-electron chi connectivity index (χ1n) is 9.96. The Kier molecular flexibility index (Phi) is 4.66. The second kappa shape index (κ2) is 7.24. The van der Waals surface area contributed by atoms with Crippen molar-refractivity contribution in [1.82, 2.24) is 0 Å². The fourth-order valence-corrected chi connectivity index (χ4v) is 5.46. The van der Waals surface area contributed by atoms with Crippen LogP contribution in [-0.4, -0.2) is 17.2 Å². The summed E-state index contributed by atoms with van der Waals surface area (Å²) in [7, 11) is -1.48. The lowest BCUT2D eigenvalue weighted by Crippen LogP contribution is -2.30. The Labute approximate surface area is 185 Å². The van der Waals surface area contributed by atoms with Gasteiger partial charge in [0.05, 0.1) is 0 Å². The number of fused-ring (bicyclic) bond motifs is 3. The molecule has 0 bridgehead atoms. The van der Waals surface area contributed by atoms with Crippen molar-refractivity contribution in [1.29, 1.82) is 0 Å². The highest BCUT2D eigenvalue weighted by atomic mass is 79.9. The van der Waals surface area contributed by atoms with Crippen molar-refractivity contribution >= 4 is 28.5 Å². The Bertz CT molecular complexity index is 1240. The predicted molar refractivity (Wildman–Crippen MR) is 127 cm³/mol. The van der Waals surface area contributed by atoms with Crippen LogP contribution in [0, 0.1) is 0 Å². The monoisotopic (exact) mass is 454 g/mol. The van der Waals surface area contributed by atoms with E-state index >= 15 is 0 Å². The number of hydrogen-bond acceptors (Lipinski definition) is 2. The molecule has 0 heterocycles. The van der Waals surface area contributed by atoms with Gasteiger partial charge < -0.3 is 10.0 Å². The van der Waals surface area contributed by atoms with Crippen molar-refractivity contribution in [3.05, 3.63) is 112 Å². The lowest BCUT2D eigenvalue weighted by molar-refractivity contribution is 0.426. The van der Waals surface area contributed by atoms with E-state index in [0.717, 1.165) is 15.6 Å². The number of halogens is 1. The minimum Gasteiger partial charge on any atom is -0.423 e. The lowest BCUT2D eigenvalue weighted by Gasteiger charge is -2.29. The summed E-state index contributed by atoms with van der Waals surface area (Å²) < 4.78 is 1.05. The summed E-state index contributed by atoms with van der Waals surface area (Å²) in [6, 6.07) is 31.1. The molecule has 0 saturated heterocycles. The van der Waals surface area contributed by atoms with Gasteiger partial charge in [0.2, 0.25) is 0 Å². The van der Waals surface area contributed by atoms with Gasteiger partial charge in [0.25, 0.3) is 0 Å². The van der Waals surface area contributed by atoms with Gasteiger partial charge in [-0.15, -0.1) is 0 Å². The summed E-state index contributed by atoms with van der Waals surface area (Å²) in [5.74, 6) is 0. The Balaban J connectivity index is 1.70. The predicted octanol–water partition coefficient (Wildman–Crippen LogP) is 5.13. The first-order valence-corrected chi connectivity index (χ1v) is 10.8. The Hall–Kier alpha value is -2.66. The molecule has 0 aromatic heterocycles. The summed E-state index contributed by atoms with van der Waals surface area (Å²) >= 11 is 3.78. The van der Waals surface area contributed by atoms with Gasteiger partial charge in [-0.1, -0.05) is 101 Å². The summed E-state index contributed by atoms with van der Waals surface area (Å²) in [6.07, 6.45) is 0. The number of hydrogen-bond donors (Lipinski definition) is 2. The fraction of sp³-hybridized carbons (Fsp3) is 0.0769. The van der Waals surface area contributed by atoms with Crippen LogP contribution in [0.4, 0.5) is 0 Å². The minimum absolute atomic E-state index is 0.348. The van der Waals surface area contributed by atoms with Crippen molar-refractivity contribution in [2.75, 3.05) is 0 Å². The minimum atomic E-state index is -1.48. The molecule has 4 heteroatoms. The molecule has 5 rings (SSSR count). The molecular formula is C26H20BBrO2. The zero-order valence-corrected chi connectivity index (χ0v) is 18.1. The second-order valence-electron chi connectivity index (χ2n) is 7.91. The average Bonchev–Trinajstić information content (AvgIpc) is 3.05. The van der Waals surface area contributed by atoms with Crippen LogP contribution in [0.2, 0.25) is 0 Å². The molecular weight excluding hydrogens is 435 g/mol. The molecule has 2 nitrogen and oxygen atoms in total. The van der Waals surface area contributed by atoms with E-state index in [0.29, 0.717) is 5.46 Å².